The van der Waals surface area contributed by atoms with Crippen molar-refractivity contribution in [3.63, 3.8) is 0 Å². The normalized spacial score (nSPS) is 15.0. The summed E-state index contributed by atoms with van der Waals surface area (Å²) in [6, 6.07) is 0. The molecule has 0 unspecified atom stereocenters. The molecule has 0 aromatic heterocycles. The van der Waals surface area contributed by atoms with Crippen LogP contribution in [0.1, 0.15) is 62.3 Å². The predicted molar refractivity (Wildman–Crippen MR) is 70.0 cm³/mol. The third-order valence-corrected chi connectivity index (χ3v) is 4.40. The molecule has 14 heavy (non-hydrogen) atoms. The third kappa shape index (κ3) is 5.29. The minimum atomic E-state index is 0.352. The smallest absolute Gasteiger partial charge is 0.0149 e. The maximum atomic E-state index is 2.35. The Morgan fingerprint density at radius 2 is 0.929 bits per heavy atom. The molecule has 0 spiro atoms. The van der Waals surface area contributed by atoms with Crippen molar-refractivity contribution in [2.45, 2.75) is 72.3 Å². The molecule has 0 radical (unpaired) electrons. The van der Waals surface area contributed by atoms with Crippen molar-refractivity contribution >= 4 is 11.8 Å². The van der Waals surface area contributed by atoms with E-state index in [1.54, 1.807) is 0 Å². The standard InChI is InChI=1S/C13H28S/c1-11(2,3)10(12(4,5)6)14-13(7,8)9/h10H,1-9H3. The topological polar surface area (TPSA) is 0 Å². The summed E-state index contributed by atoms with van der Waals surface area (Å²) >= 11 is 2.12. The highest BCUT2D eigenvalue weighted by Gasteiger charge is 2.37. The molecule has 0 saturated heterocycles. The molecule has 0 N–H and O–H groups in total. The fourth-order valence-corrected chi connectivity index (χ4v) is 3.42. The van der Waals surface area contributed by atoms with Gasteiger partial charge >= 0.3 is 0 Å². The fraction of sp³-hybridized carbons (Fsp3) is 1.00. The Bertz CT molecular complexity index is 159. The van der Waals surface area contributed by atoms with E-state index in [9.17, 15) is 0 Å². The summed E-state index contributed by atoms with van der Waals surface area (Å²) in [7, 11) is 0. The van der Waals surface area contributed by atoms with Gasteiger partial charge < -0.3 is 0 Å². The highest BCUT2D eigenvalue weighted by molar-refractivity contribution is 8.01. The largest absolute Gasteiger partial charge is 0.152 e. The van der Waals surface area contributed by atoms with Gasteiger partial charge in [-0.05, 0) is 10.8 Å². The van der Waals surface area contributed by atoms with Gasteiger partial charge in [-0.1, -0.05) is 62.3 Å². The summed E-state index contributed by atoms with van der Waals surface area (Å²) in [6.45, 7) is 21.0. The second-order valence-corrected chi connectivity index (χ2v) is 9.27. The molecule has 0 aliphatic carbocycles. The fourth-order valence-electron chi connectivity index (χ4n) is 2.01. The minimum absolute atomic E-state index is 0.352. The molecule has 1 heteroatoms. The summed E-state index contributed by atoms with van der Waals surface area (Å²) in [5.74, 6) is 0. The Morgan fingerprint density at radius 3 is 1.00 bits per heavy atom. The van der Waals surface area contributed by atoms with E-state index in [4.69, 9.17) is 0 Å². The van der Waals surface area contributed by atoms with Crippen LogP contribution in [0.3, 0.4) is 0 Å². The average Bonchev–Trinajstić information content (AvgIpc) is 1.75. The second-order valence-electron chi connectivity index (χ2n) is 7.34. The van der Waals surface area contributed by atoms with Gasteiger partial charge in [0.2, 0.25) is 0 Å². The van der Waals surface area contributed by atoms with Crippen LogP contribution in [-0.4, -0.2) is 10.00 Å². The van der Waals surface area contributed by atoms with E-state index in [0.29, 0.717) is 20.8 Å². The van der Waals surface area contributed by atoms with Gasteiger partial charge in [0.1, 0.15) is 0 Å². The molecule has 0 rings (SSSR count). The van der Waals surface area contributed by atoms with Crippen molar-refractivity contribution in [2.75, 3.05) is 0 Å². The van der Waals surface area contributed by atoms with Crippen LogP contribution in [0.2, 0.25) is 0 Å². The highest BCUT2D eigenvalue weighted by atomic mass is 32.2. The van der Waals surface area contributed by atoms with Crippen LogP contribution < -0.4 is 0 Å². The lowest BCUT2D eigenvalue weighted by Gasteiger charge is -2.43. The Labute approximate surface area is 95.2 Å². The maximum absolute atomic E-state index is 2.35. The average molecular weight is 216 g/mol. The molecule has 0 bridgehead atoms. The van der Waals surface area contributed by atoms with Crippen LogP contribution >= 0.6 is 11.8 Å². The van der Waals surface area contributed by atoms with E-state index >= 15 is 0 Å². The highest BCUT2D eigenvalue weighted by Crippen LogP contribution is 2.46. The SMILES string of the molecule is CC(C)(C)SC(C(C)(C)C)C(C)(C)C. The van der Waals surface area contributed by atoms with E-state index < -0.39 is 0 Å². The van der Waals surface area contributed by atoms with Crippen LogP contribution in [0.15, 0.2) is 0 Å². The van der Waals surface area contributed by atoms with E-state index in [0.717, 1.165) is 0 Å². The van der Waals surface area contributed by atoms with Gasteiger partial charge in [0, 0.05) is 10.00 Å². The molecule has 0 fully saturated rings. The first-order valence-corrected chi connectivity index (χ1v) is 6.40. The molecule has 0 saturated carbocycles. The first kappa shape index (κ1) is 14.3. The molecule has 0 heterocycles. The summed E-state index contributed by atoms with van der Waals surface area (Å²) in [4.78, 5) is 0. The summed E-state index contributed by atoms with van der Waals surface area (Å²) in [5.41, 5.74) is 0.742. The number of rotatable bonds is 1. The zero-order valence-electron chi connectivity index (χ0n) is 11.5. The molecule has 0 aromatic carbocycles. The molecule has 0 nitrogen and oxygen atoms in total. The van der Waals surface area contributed by atoms with E-state index in [-0.39, 0.29) is 0 Å². The third-order valence-electron chi connectivity index (χ3n) is 2.04. The van der Waals surface area contributed by atoms with Gasteiger partial charge in [0.05, 0.1) is 0 Å². The van der Waals surface area contributed by atoms with Crippen molar-refractivity contribution in [3.8, 4) is 0 Å². The number of hydrogen-bond donors (Lipinski definition) is 0. The van der Waals surface area contributed by atoms with Crippen LogP contribution in [0, 0.1) is 10.8 Å². The monoisotopic (exact) mass is 216 g/mol. The molecule has 0 atom stereocenters. The Morgan fingerprint density at radius 1 is 0.643 bits per heavy atom. The molecule has 86 valence electrons. The summed E-state index contributed by atoms with van der Waals surface area (Å²) < 4.78 is 0.352. The Hall–Kier alpha value is 0.350. The van der Waals surface area contributed by atoms with E-state index in [1.165, 1.54) is 0 Å². The van der Waals surface area contributed by atoms with Crippen LogP contribution in [0.5, 0.6) is 0 Å². The van der Waals surface area contributed by atoms with Crippen molar-refractivity contribution in [3.05, 3.63) is 0 Å². The lowest BCUT2D eigenvalue weighted by molar-refractivity contribution is 0.248. The first-order valence-electron chi connectivity index (χ1n) is 5.52. The van der Waals surface area contributed by atoms with E-state index in [1.807, 2.05) is 0 Å². The number of thioether (sulfide) groups is 1. The quantitative estimate of drug-likeness (QED) is 0.596. The Balaban J connectivity index is 4.78. The van der Waals surface area contributed by atoms with Gasteiger partial charge in [-0.15, -0.1) is 0 Å². The number of hydrogen-bond acceptors (Lipinski definition) is 1. The van der Waals surface area contributed by atoms with Crippen molar-refractivity contribution in [1.82, 2.24) is 0 Å². The molecule has 0 aliphatic heterocycles. The minimum Gasteiger partial charge on any atom is -0.152 e. The van der Waals surface area contributed by atoms with Crippen LogP contribution in [0.4, 0.5) is 0 Å². The zero-order valence-corrected chi connectivity index (χ0v) is 12.3. The first-order chi connectivity index (χ1) is 5.84. The van der Waals surface area contributed by atoms with Crippen LogP contribution in [0.25, 0.3) is 0 Å². The molecule has 0 amide bonds. The molecular formula is C13H28S. The van der Waals surface area contributed by atoms with Gasteiger partial charge in [0.25, 0.3) is 0 Å². The maximum Gasteiger partial charge on any atom is 0.0149 e. The summed E-state index contributed by atoms with van der Waals surface area (Å²) in [6.07, 6.45) is 0. The zero-order chi connectivity index (χ0) is 11.8. The molecule has 0 aromatic rings. The molecular weight excluding hydrogens is 188 g/mol. The van der Waals surface area contributed by atoms with Crippen molar-refractivity contribution in [2.24, 2.45) is 10.8 Å². The molecule has 0 aliphatic rings. The van der Waals surface area contributed by atoms with Crippen molar-refractivity contribution in [1.29, 1.82) is 0 Å². The van der Waals surface area contributed by atoms with Gasteiger partial charge in [-0.25, -0.2) is 0 Å². The Kier molecular flexibility index (Phi) is 4.18. The summed E-state index contributed by atoms with van der Waals surface area (Å²) in [5, 5.41) is 0.690. The van der Waals surface area contributed by atoms with Gasteiger partial charge in [0.15, 0.2) is 0 Å². The van der Waals surface area contributed by atoms with E-state index in [2.05, 4.69) is 74.1 Å². The lowest BCUT2D eigenvalue weighted by Crippen LogP contribution is -2.38. The lowest BCUT2D eigenvalue weighted by atomic mass is 9.77. The van der Waals surface area contributed by atoms with Crippen LogP contribution in [-0.2, 0) is 0 Å². The van der Waals surface area contributed by atoms with Gasteiger partial charge in [-0.2, -0.15) is 11.8 Å². The van der Waals surface area contributed by atoms with Gasteiger partial charge in [-0.3, -0.25) is 0 Å². The van der Waals surface area contributed by atoms with Crippen molar-refractivity contribution < 1.29 is 0 Å². The predicted octanol–water partition coefficient (Wildman–Crippen LogP) is 4.98. The second kappa shape index (κ2) is 4.08.